The number of hydrogen-bond donors (Lipinski definition) is 0. The number of benzene rings is 1. The number of thioether (sulfide) groups is 1. The van der Waals surface area contributed by atoms with Gasteiger partial charge >= 0.3 is 0 Å². The summed E-state index contributed by atoms with van der Waals surface area (Å²) in [7, 11) is 1.94. The van der Waals surface area contributed by atoms with E-state index in [9.17, 15) is 5.21 Å². The van der Waals surface area contributed by atoms with E-state index in [1.165, 1.54) is 17.3 Å². The lowest BCUT2D eigenvalue weighted by atomic mass is 10.0. The number of hydrogen-bond acceptors (Lipinski definition) is 3. The third-order valence-electron chi connectivity index (χ3n) is 3.54. The molecular formula is C14H18N2OS2. The van der Waals surface area contributed by atoms with Crippen LogP contribution in [-0.2, 0) is 0 Å². The SMILES string of the molecule is Cc1ccc(/C=[N+](\[O-])[C@@H]2SC(=S)N(C)C2(C)C)cc1. The minimum absolute atomic E-state index is 0.216. The first-order valence-electron chi connectivity index (χ1n) is 6.14. The zero-order valence-corrected chi connectivity index (χ0v) is 13.2. The highest BCUT2D eigenvalue weighted by Gasteiger charge is 2.48. The Morgan fingerprint density at radius 3 is 2.42 bits per heavy atom. The molecule has 1 saturated heterocycles. The van der Waals surface area contributed by atoms with Gasteiger partial charge in [-0.2, -0.15) is 4.74 Å². The molecular weight excluding hydrogens is 276 g/mol. The van der Waals surface area contributed by atoms with Gasteiger partial charge in [0, 0.05) is 12.6 Å². The van der Waals surface area contributed by atoms with Crippen molar-refractivity contribution in [3.8, 4) is 0 Å². The van der Waals surface area contributed by atoms with Crippen molar-refractivity contribution in [1.29, 1.82) is 0 Å². The summed E-state index contributed by atoms with van der Waals surface area (Å²) in [5.74, 6) is 0. The van der Waals surface area contributed by atoms with E-state index in [-0.39, 0.29) is 10.9 Å². The highest BCUT2D eigenvalue weighted by molar-refractivity contribution is 8.23. The second-order valence-electron chi connectivity index (χ2n) is 5.35. The standard InChI is InChI=1S/C14H18N2OS2/c1-10-5-7-11(8-6-10)9-16(17)12-14(2,3)15(4)13(18)19-12/h5-9,12H,1-4H3/b16-9-/t12-/m1/s1. The third-order valence-corrected chi connectivity index (χ3v) is 5.59. The maximum absolute atomic E-state index is 12.4. The van der Waals surface area contributed by atoms with Gasteiger partial charge in [-0.1, -0.05) is 29.9 Å². The van der Waals surface area contributed by atoms with Crippen LogP contribution in [0, 0.1) is 12.1 Å². The molecule has 0 N–H and O–H groups in total. The number of likely N-dealkylation sites (N-methyl/N-ethyl adjacent to an activating group) is 1. The highest BCUT2D eigenvalue weighted by Crippen LogP contribution is 2.38. The van der Waals surface area contributed by atoms with E-state index in [1.807, 2.05) is 57.0 Å². The van der Waals surface area contributed by atoms with Crippen LogP contribution in [0.1, 0.15) is 25.0 Å². The number of nitrogens with zero attached hydrogens (tertiary/aromatic N) is 2. The second-order valence-corrected chi connectivity index (χ2v) is 7.06. The summed E-state index contributed by atoms with van der Waals surface area (Å²) in [4.78, 5) is 1.99. The van der Waals surface area contributed by atoms with Crippen LogP contribution in [0.4, 0.5) is 0 Å². The molecule has 1 fully saturated rings. The van der Waals surface area contributed by atoms with E-state index in [0.717, 1.165) is 14.6 Å². The second kappa shape index (κ2) is 5.13. The molecule has 0 aromatic heterocycles. The van der Waals surface area contributed by atoms with Gasteiger partial charge in [0.15, 0.2) is 6.21 Å². The van der Waals surface area contributed by atoms with Gasteiger partial charge in [-0.25, -0.2) is 0 Å². The number of rotatable bonds is 2. The third kappa shape index (κ3) is 2.77. The molecule has 19 heavy (non-hydrogen) atoms. The molecule has 1 aliphatic heterocycles. The first-order valence-corrected chi connectivity index (χ1v) is 7.42. The van der Waals surface area contributed by atoms with Crippen molar-refractivity contribution in [1.82, 2.24) is 4.90 Å². The van der Waals surface area contributed by atoms with Crippen LogP contribution in [0.5, 0.6) is 0 Å². The first-order chi connectivity index (χ1) is 8.82. The molecule has 0 aliphatic carbocycles. The van der Waals surface area contributed by atoms with E-state index < -0.39 is 0 Å². The summed E-state index contributed by atoms with van der Waals surface area (Å²) in [6, 6.07) is 7.91. The van der Waals surface area contributed by atoms with Crippen molar-refractivity contribution >= 4 is 34.5 Å². The molecule has 3 nitrogen and oxygen atoms in total. The summed E-state index contributed by atoms with van der Waals surface area (Å²) in [5, 5.41) is 12.1. The van der Waals surface area contributed by atoms with Gasteiger partial charge in [-0.15, -0.1) is 0 Å². The molecule has 5 heteroatoms. The van der Waals surface area contributed by atoms with Crippen LogP contribution in [0.2, 0.25) is 0 Å². The van der Waals surface area contributed by atoms with Crippen LogP contribution in [0.25, 0.3) is 0 Å². The van der Waals surface area contributed by atoms with Crippen molar-refractivity contribution in [2.45, 2.75) is 31.7 Å². The molecule has 1 heterocycles. The molecule has 0 bridgehead atoms. The average Bonchev–Trinajstić information content (AvgIpc) is 2.56. The minimum atomic E-state index is -0.273. The molecule has 0 radical (unpaired) electrons. The van der Waals surface area contributed by atoms with Crippen LogP contribution in [-0.4, -0.2) is 38.1 Å². The molecule has 102 valence electrons. The summed E-state index contributed by atoms with van der Waals surface area (Å²) in [6.07, 6.45) is 1.64. The Balaban J connectivity index is 2.27. The predicted octanol–water partition coefficient (Wildman–Crippen LogP) is 2.99. The molecule has 1 aromatic carbocycles. The molecule has 0 saturated carbocycles. The number of thiocarbonyl (C=S) groups is 1. The van der Waals surface area contributed by atoms with Gasteiger partial charge in [0.25, 0.3) is 0 Å². The quantitative estimate of drug-likeness (QED) is 0.276. The maximum atomic E-state index is 12.4. The molecule has 1 aliphatic rings. The molecule has 1 aromatic rings. The number of aryl methyl sites for hydroxylation is 1. The summed E-state index contributed by atoms with van der Waals surface area (Å²) in [6.45, 7) is 6.11. The maximum Gasteiger partial charge on any atom is 0.238 e. The monoisotopic (exact) mass is 294 g/mol. The lowest BCUT2D eigenvalue weighted by Gasteiger charge is -2.30. The summed E-state index contributed by atoms with van der Waals surface area (Å²) < 4.78 is 1.79. The van der Waals surface area contributed by atoms with Crippen molar-refractivity contribution in [2.75, 3.05) is 7.05 Å². The molecule has 0 spiro atoms. The normalized spacial score (nSPS) is 22.9. The van der Waals surface area contributed by atoms with Crippen molar-refractivity contribution in [3.05, 3.63) is 40.6 Å². The minimum Gasteiger partial charge on any atom is -0.623 e. The van der Waals surface area contributed by atoms with Gasteiger partial charge in [0.1, 0.15) is 9.86 Å². The van der Waals surface area contributed by atoms with Gasteiger partial charge in [0.2, 0.25) is 5.37 Å². The smallest absolute Gasteiger partial charge is 0.238 e. The first kappa shape index (κ1) is 14.3. The van der Waals surface area contributed by atoms with Gasteiger partial charge in [0.05, 0.1) is 0 Å². The fourth-order valence-electron chi connectivity index (χ4n) is 1.95. The van der Waals surface area contributed by atoms with E-state index in [4.69, 9.17) is 12.2 Å². The zero-order valence-electron chi connectivity index (χ0n) is 11.6. The van der Waals surface area contributed by atoms with Crippen molar-refractivity contribution in [3.63, 3.8) is 0 Å². The lowest BCUT2D eigenvalue weighted by molar-refractivity contribution is -0.480. The van der Waals surface area contributed by atoms with Crippen LogP contribution >= 0.6 is 24.0 Å². The van der Waals surface area contributed by atoms with E-state index in [2.05, 4.69) is 0 Å². The zero-order chi connectivity index (χ0) is 14.2. The Bertz CT molecular complexity index is 523. The van der Waals surface area contributed by atoms with Gasteiger partial charge in [-0.3, -0.25) is 0 Å². The van der Waals surface area contributed by atoms with Gasteiger partial charge < -0.3 is 10.1 Å². The molecule has 2 rings (SSSR count). The largest absolute Gasteiger partial charge is 0.623 e. The average molecular weight is 294 g/mol. The molecule has 0 unspecified atom stereocenters. The van der Waals surface area contributed by atoms with Crippen LogP contribution in [0.3, 0.4) is 0 Å². The number of hydroxylamine groups is 1. The summed E-state index contributed by atoms with van der Waals surface area (Å²) >= 11 is 6.73. The van der Waals surface area contributed by atoms with Crippen molar-refractivity contribution in [2.24, 2.45) is 0 Å². The topological polar surface area (TPSA) is 29.3 Å². The van der Waals surface area contributed by atoms with E-state index >= 15 is 0 Å². The Morgan fingerprint density at radius 1 is 1.37 bits per heavy atom. The van der Waals surface area contributed by atoms with Crippen molar-refractivity contribution < 1.29 is 4.74 Å². The molecule has 1 atom stereocenters. The highest BCUT2D eigenvalue weighted by atomic mass is 32.2. The van der Waals surface area contributed by atoms with E-state index in [0.29, 0.717) is 0 Å². The Kier molecular flexibility index (Phi) is 3.87. The van der Waals surface area contributed by atoms with Gasteiger partial charge in [-0.05, 0) is 44.7 Å². The summed E-state index contributed by atoms with van der Waals surface area (Å²) in [5.41, 5.74) is 1.83. The van der Waals surface area contributed by atoms with E-state index in [1.54, 1.807) is 6.21 Å². The Morgan fingerprint density at radius 2 is 1.95 bits per heavy atom. The lowest BCUT2D eigenvalue weighted by Crippen LogP contribution is -2.47. The molecule has 0 amide bonds. The fraction of sp³-hybridized carbons (Fsp3) is 0.429. The van der Waals surface area contributed by atoms with Crippen LogP contribution in [0.15, 0.2) is 24.3 Å². The fourth-order valence-corrected chi connectivity index (χ4v) is 3.65. The van der Waals surface area contributed by atoms with Crippen LogP contribution < -0.4 is 0 Å². The Hall–Kier alpha value is -1.07. The predicted molar refractivity (Wildman–Crippen MR) is 85.8 cm³/mol. The Labute approximate surface area is 123 Å².